The molecule has 1 amide bonds. The van der Waals surface area contributed by atoms with Crippen molar-refractivity contribution in [3.63, 3.8) is 0 Å². The number of carbonyl (C=O) groups excluding carboxylic acids is 2. The molecule has 0 spiro atoms. The van der Waals surface area contributed by atoms with Crippen LogP contribution in [0, 0.1) is 5.92 Å². The average Bonchev–Trinajstić information content (AvgIpc) is 2.86. The Balaban J connectivity index is 1.42. The van der Waals surface area contributed by atoms with Crippen LogP contribution in [0.25, 0.3) is 0 Å². The molecule has 0 N–H and O–H groups in total. The summed E-state index contributed by atoms with van der Waals surface area (Å²) in [4.78, 5) is 28.5. The van der Waals surface area contributed by atoms with Crippen molar-refractivity contribution in [3.05, 3.63) is 70.2 Å². The van der Waals surface area contributed by atoms with Crippen molar-refractivity contribution in [1.82, 2.24) is 9.80 Å². The van der Waals surface area contributed by atoms with E-state index in [1.165, 1.54) is 11.1 Å². The quantitative estimate of drug-likeness (QED) is 0.291. The lowest BCUT2D eigenvalue weighted by atomic mass is 9.81. The molecule has 0 saturated heterocycles. The van der Waals surface area contributed by atoms with Gasteiger partial charge in [0.15, 0.2) is 0 Å². The van der Waals surface area contributed by atoms with Crippen LogP contribution in [0.15, 0.2) is 48.5 Å². The molecule has 1 fully saturated rings. The third-order valence-electron chi connectivity index (χ3n) is 6.96. The maximum atomic E-state index is 12.8. The molecular formula is C29H39ClN2O3. The van der Waals surface area contributed by atoms with Crippen molar-refractivity contribution >= 4 is 23.5 Å². The predicted molar refractivity (Wildman–Crippen MR) is 142 cm³/mol. The normalized spacial score (nSPS) is 18.0. The Labute approximate surface area is 215 Å². The SMILES string of the molecule is CC(C)C(=O)OCCCN(C)Cc1ccc([C@H]2CC[C@H](N(C)C(=O)c3ccc(Cl)cc3)CC2)cc1. The zero-order chi connectivity index (χ0) is 25.4. The molecule has 1 aliphatic rings. The van der Waals surface area contributed by atoms with Gasteiger partial charge in [-0.2, -0.15) is 0 Å². The van der Waals surface area contributed by atoms with Crippen LogP contribution in [0.5, 0.6) is 0 Å². The van der Waals surface area contributed by atoms with Gasteiger partial charge in [0.05, 0.1) is 12.5 Å². The number of rotatable bonds is 10. The van der Waals surface area contributed by atoms with Gasteiger partial charge in [0.1, 0.15) is 0 Å². The predicted octanol–water partition coefficient (Wildman–Crippen LogP) is 6.16. The first kappa shape index (κ1) is 27.2. The van der Waals surface area contributed by atoms with Crippen molar-refractivity contribution in [2.45, 2.75) is 64.5 Å². The summed E-state index contributed by atoms with van der Waals surface area (Å²) in [6.07, 6.45) is 5.07. The summed E-state index contributed by atoms with van der Waals surface area (Å²) in [5, 5.41) is 0.645. The first-order valence-corrected chi connectivity index (χ1v) is 13.1. The van der Waals surface area contributed by atoms with Crippen LogP contribution in [0.4, 0.5) is 0 Å². The van der Waals surface area contributed by atoms with Crippen molar-refractivity contribution in [2.75, 3.05) is 27.2 Å². The van der Waals surface area contributed by atoms with Gasteiger partial charge in [-0.05, 0) is 80.5 Å². The molecule has 0 bridgehead atoms. The molecule has 0 unspecified atom stereocenters. The number of ether oxygens (including phenoxy) is 1. The molecule has 3 rings (SSSR count). The van der Waals surface area contributed by atoms with Gasteiger partial charge < -0.3 is 14.5 Å². The van der Waals surface area contributed by atoms with Crippen LogP contribution in [0.2, 0.25) is 5.02 Å². The molecule has 35 heavy (non-hydrogen) atoms. The van der Waals surface area contributed by atoms with Gasteiger partial charge in [-0.25, -0.2) is 0 Å². The number of hydrogen-bond acceptors (Lipinski definition) is 4. The van der Waals surface area contributed by atoms with Gasteiger partial charge in [-0.15, -0.1) is 0 Å². The molecule has 0 atom stereocenters. The fourth-order valence-electron chi connectivity index (χ4n) is 4.72. The summed E-state index contributed by atoms with van der Waals surface area (Å²) in [5.74, 6) is 0.417. The van der Waals surface area contributed by atoms with Gasteiger partial charge in [-0.3, -0.25) is 9.59 Å². The Morgan fingerprint density at radius 3 is 2.20 bits per heavy atom. The first-order chi connectivity index (χ1) is 16.7. The van der Waals surface area contributed by atoms with Crippen LogP contribution in [0.1, 0.15) is 73.4 Å². The minimum absolute atomic E-state index is 0.0664. The zero-order valence-electron chi connectivity index (χ0n) is 21.5. The van der Waals surface area contributed by atoms with Crippen LogP contribution >= 0.6 is 11.6 Å². The number of halogens is 1. The second-order valence-electron chi connectivity index (χ2n) is 10.1. The third-order valence-corrected chi connectivity index (χ3v) is 7.21. The van der Waals surface area contributed by atoms with Gasteiger partial charge in [0.2, 0.25) is 0 Å². The summed E-state index contributed by atoms with van der Waals surface area (Å²) in [5.41, 5.74) is 3.37. The smallest absolute Gasteiger partial charge is 0.308 e. The van der Waals surface area contributed by atoms with Gasteiger partial charge in [-0.1, -0.05) is 49.7 Å². The maximum absolute atomic E-state index is 12.8. The number of amides is 1. The molecule has 0 radical (unpaired) electrons. The van der Waals surface area contributed by atoms with E-state index in [2.05, 4.69) is 36.2 Å². The monoisotopic (exact) mass is 498 g/mol. The second kappa shape index (κ2) is 13.1. The van der Waals surface area contributed by atoms with Gasteiger partial charge in [0.25, 0.3) is 5.91 Å². The Kier molecular flexibility index (Phi) is 10.2. The molecule has 1 saturated carbocycles. The van der Waals surface area contributed by atoms with Gasteiger partial charge >= 0.3 is 5.97 Å². The van der Waals surface area contributed by atoms with Crippen LogP contribution in [0.3, 0.4) is 0 Å². The van der Waals surface area contributed by atoms with Gasteiger partial charge in [0, 0.05) is 36.8 Å². The Bertz CT molecular complexity index is 951. The van der Waals surface area contributed by atoms with Crippen molar-refractivity contribution in [1.29, 1.82) is 0 Å². The zero-order valence-corrected chi connectivity index (χ0v) is 22.3. The summed E-state index contributed by atoms with van der Waals surface area (Å²) in [6.45, 7) is 5.95. The summed E-state index contributed by atoms with van der Waals surface area (Å²) in [7, 11) is 4.02. The number of benzene rings is 2. The number of carbonyl (C=O) groups is 2. The van der Waals surface area contributed by atoms with E-state index in [-0.39, 0.29) is 23.8 Å². The molecule has 0 aromatic heterocycles. The summed E-state index contributed by atoms with van der Waals surface area (Å²) in [6, 6.07) is 16.4. The fraction of sp³-hybridized carbons (Fsp3) is 0.517. The van der Waals surface area contributed by atoms with E-state index in [0.717, 1.165) is 45.2 Å². The summed E-state index contributed by atoms with van der Waals surface area (Å²) < 4.78 is 5.26. The highest BCUT2D eigenvalue weighted by Gasteiger charge is 2.27. The van der Waals surface area contributed by atoms with E-state index in [1.54, 1.807) is 24.3 Å². The lowest BCUT2D eigenvalue weighted by Crippen LogP contribution is -2.39. The van der Waals surface area contributed by atoms with E-state index in [0.29, 0.717) is 23.1 Å². The molecule has 0 aliphatic heterocycles. The number of esters is 1. The average molecular weight is 499 g/mol. The Morgan fingerprint density at radius 1 is 0.971 bits per heavy atom. The molecule has 2 aromatic rings. The van der Waals surface area contributed by atoms with E-state index in [9.17, 15) is 9.59 Å². The number of nitrogens with zero attached hydrogens (tertiary/aromatic N) is 2. The van der Waals surface area contributed by atoms with Crippen molar-refractivity contribution in [3.8, 4) is 0 Å². The molecule has 190 valence electrons. The number of hydrogen-bond donors (Lipinski definition) is 0. The molecule has 1 aliphatic carbocycles. The third kappa shape index (κ3) is 8.08. The van der Waals surface area contributed by atoms with E-state index >= 15 is 0 Å². The lowest BCUT2D eigenvalue weighted by molar-refractivity contribution is -0.147. The van der Waals surface area contributed by atoms with E-state index in [4.69, 9.17) is 16.3 Å². The molecule has 6 heteroatoms. The van der Waals surface area contributed by atoms with Crippen molar-refractivity contribution < 1.29 is 14.3 Å². The van der Waals surface area contributed by atoms with E-state index < -0.39 is 0 Å². The standard InChI is InChI=1S/C29H39ClN2O3/c1-21(2)29(34)35-19-5-18-31(3)20-22-6-8-23(9-7-22)24-12-16-27(17-13-24)32(4)28(33)25-10-14-26(30)15-11-25/h6-11,14-15,21,24,27H,5,12-13,16-20H2,1-4H3/t24-,27-. The van der Waals surface area contributed by atoms with Crippen LogP contribution in [-0.4, -0.2) is 55.0 Å². The van der Waals surface area contributed by atoms with Crippen molar-refractivity contribution in [2.24, 2.45) is 5.92 Å². The second-order valence-corrected chi connectivity index (χ2v) is 10.5. The first-order valence-electron chi connectivity index (χ1n) is 12.7. The minimum Gasteiger partial charge on any atom is -0.465 e. The maximum Gasteiger partial charge on any atom is 0.308 e. The molecule has 0 heterocycles. The minimum atomic E-state index is -0.128. The topological polar surface area (TPSA) is 49.9 Å². The molecule has 5 nitrogen and oxygen atoms in total. The Hall–Kier alpha value is -2.37. The lowest BCUT2D eigenvalue weighted by Gasteiger charge is -2.35. The fourth-order valence-corrected chi connectivity index (χ4v) is 4.84. The molecular weight excluding hydrogens is 460 g/mol. The van der Waals surface area contributed by atoms with Crippen LogP contribution in [-0.2, 0) is 16.1 Å². The largest absolute Gasteiger partial charge is 0.465 e. The van der Waals surface area contributed by atoms with Crippen LogP contribution < -0.4 is 0 Å². The highest BCUT2D eigenvalue weighted by atomic mass is 35.5. The Morgan fingerprint density at radius 2 is 1.60 bits per heavy atom. The van der Waals surface area contributed by atoms with E-state index in [1.807, 2.05) is 25.8 Å². The highest BCUT2D eigenvalue weighted by Crippen LogP contribution is 2.35. The summed E-state index contributed by atoms with van der Waals surface area (Å²) >= 11 is 5.95. The highest BCUT2D eigenvalue weighted by molar-refractivity contribution is 6.30. The molecule has 2 aromatic carbocycles.